The number of anilines is 4. The molecule has 2 aromatic carbocycles. The second-order valence-corrected chi connectivity index (χ2v) is 12.1. The van der Waals surface area contributed by atoms with Crippen LogP contribution in [0, 0.1) is 6.92 Å². The predicted octanol–water partition coefficient (Wildman–Crippen LogP) is 5.71. The number of rotatable bonds is 6. The van der Waals surface area contributed by atoms with Crippen LogP contribution < -0.4 is 14.9 Å². The van der Waals surface area contributed by atoms with Gasteiger partial charge in [0.1, 0.15) is 10.7 Å². The Kier molecular flexibility index (Phi) is 6.57. The highest BCUT2D eigenvalue weighted by molar-refractivity contribution is 7.90. The van der Waals surface area contributed by atoms with Crippen molar-refractivity contribution in [2.75, 3.05) is 31.4 Å². The Morgan fingerprint density at radius 1 is 1.00 bits per heavy atom. The number of carbonyl (C=O) groups excluding carboxylic acids is 1. The molecule has 2 aliphatic rings. The topological polar surface area (TPSA) is 77.3 Å². The average molecular weight is 505 g/mol. The van der Waals surface area contributed by atoms with Gasteiger partial charge in [-0.25, -0.2) is 9.78 Å². The first-order chi connectivity index (χ1) is 17.3. The molecule has 1 unspecified atom stereocenters. The summed E-state index contributed by atoms with van der Waals surface area (Å²) in [5, 5.41) is 3.32. The van der Waals surface area contributed by atoms with E-state index in [1.807, 2.05) is 13.0 Å². The maximum Gasteiger partial charge on any atom is 0.449 e. The van der Waals surface area contributed by atoms with E-state index in [0.29, 0.717) is 16.6 Å². The SMILES string of the molecule is CNS1(=O)=[N+](C)C(=O)c2nc(Nc3ccc(N(C)c4ccc(C5CCCCC5)cc4)cc3C)ccc21. The van der Waals surface area contributed by atoms with Crippen molar-refractivity contribution < 1.29 is 12.9 Å². The highest BCUT2D eigenvalue weighted by Crippen LogP contribution is 2.35. The van der Waals surface area contributed by atoms with Crippen molar-refractivity contribution in [1.82, 2.24) is 9.71 Å². The van der Waals surface area contributed by atoms with Gasteiger partial charge in [-0.15, -0.1) is 0 Å². The molecule has 8 heteroatoms. The fraction of sp³-hybridized carbons (Fsp3) is 0.357. The van der Waals surface area contributed by atoms with Crippen LogP contribution in [0.25, 0.3) is 0 Å². The van der Waals surface area contributed by atoms with E-state index >= 15 is 0 Å². The van der Waals surface area contributed by atoms with Gasteiger partial charge in [0, 0.05) is 31.2 Å². The van der Waals surface area contributed by atoms with E-state index in [9.17, 15) is 9.00 Å². The van der Waals surface area contributed by atoms with Gasteiger partial charge in [-0.3, -0.25) is 0 Å². The second-order valence-electron chi connectivity index (χ2n) is 9.69. The third-order valence-electron chi connectivity index (χ3n) is 7.52. The van der Waals surface area contributed by atoms with Crippen LogP contribution in [0.3, 0.4) is 0 Å². The molecule has 1 saturated carbocycles. The summed E-state index contributed by atoms with van der Waals surface area (Å²) < 4.78 is 17.1. The molecule has 0 saturated heterocycles. The Hall–Kier alpha value is -3.23. The summed E-state index contributed by atoms with van der Waals surface area (Å²) in [4.78, 5) is 19.7. The number of hydrogen-bond donors (Lipinski definition) is 2. The van der Waals surface area contributed by atoms with Gasteiger partial charge in [0.15, 0.2) is 7.05 Å². The summed E-state index contributed by atoms with van der Waals surface area (Å²) in [5.41, 5.74) is 5.89. The molecule has 1 atom stereocenters. The first-order valence-corrected chi connectivity index (χ1v) is 14.1. The quantitative estimate of drug-likeness (QED) is 0.421. The van der Waals surface area contributed by atoms with Crippen LogP contribution in [0.1, 0.15) is 59.6 Å². The molecular weight excluding hydrogens is 470 g/mol. The molecule has 1 amide bonds. The molecule has 0 spiro atoms. The van der Waals surface area contributed by atoms with Gasteiger partial charge in [-0.2, -0.15) is 8.93 Å². The third kappa shape index (κ3) is 4.29. The molecule has 1 aliphatic carbocycles. The summed E-state index contributed by atoms with van der Waals surface area (Å²) in [5.74, 6) is 0.896. The summed E-state index contributed by atoms with van der Waals surface area (Å²) in [6, 6.07) is 18.7. The number of nitrogens with one attached hydrogen (secondary N) is 2. The lowest BCUT2D eigenvalue weighted by molar-refractivity contribution is -0.368. The molecule has 1 aromatic heterocycles. The number of pyridine rings is 1. The van der Waals surface area contributed by atoms with Gasteiger partial charge in [0.2, 0.25) is 5.69 Å². The second kappa shape index (κ2) is 9.67. The van der Waals surface area contributed by atoms with Gasteiger partial charge >= 0.3 is 5.91 Å². The van der Waals surface area contributed by atoms with Gasteiger partial charge in [-0.1, -0.05) is 35.3 Å². The lowest BCUT2D eigenvalue weighted by Gasteiger charge is -2.24. The van der Waals surface area contributed by atoms with Crippen molar-refractivity contribution >= 4 is 38.7 Å². The van der Waals surface area contributed by atoms with Gasteiger partial charge in [-0.05, 0) is 79.3 Å². The summed E-state index contributed by atoms with van der Waals surface area (Å²) in [6.07, 6.45) is 6.67. The first kappa shape index (κ1) is 24.5. The first-order valence-electron chi connectivity index (χ1n) is 12.5. The smallest absolute Gasteiger partial charge is 0.345 e. The molecule has 1 aliphatic heterocycles. The number of aryl methyl sites for hydroxylation is 1. The molecule has 2 N–H and O–H groups in total. The Balaban J connectivity index is 1.32. The molecule has 0 bridgehead atoms. The zero-order chi connectivity index (χ0) is 25.4. The van der Waals surface area contributed by atoms with Crippen LogP contribution in [0.5, 0.6) is 0 Å². The van der Waals surface area contributed by atoms with Crippen LogP contribution in [0.15, 0.2) is 59.5 Å². The molecule has 36 heavy (non-hydrogen) atoms. The van der Waals surface area contributed by atoms with Crippen LogP contribution >= 0.6 is 0 Å². The fourth-order valence-corrected chi connectivity index (χ4v) is 7.00. The standard InChI is InChI=1S/C28H33N5O2S/c1-19-18-23(32(3)22-12-10-21(11-13-22)20-8-6-5-7-9-20)14-15-24(19)30-26-17-16-25-27(31-26)28(34)33(4)36(25,35)29-2/h10-18,20H,5-9H2,1-4H3,(H,29,30,31,35)/p+1. The third-order valence-corrected chi connectivity index (χ3v) is 9.94. The molecule has 2 heterocycles. The highest BCUT2D eigenvalue weighted by atomic mass is 32.2. The van der Waals surface area contributed by atoms with Crippen molar-refractivity contribution in [3.63, 3.8) is 0 Å². The van der Waals surface area contributed by atoms with Crippen LogP contribution in [-0.4, -0.2) is 40.2 Å². The van der Waals surface area contributed by atoms with Gasteiger partial charge < -0.3 is 10.2 Å². The molecule has 188 valence electrons. The lowest BCUT2D eigenvalue weighted by atomic mass is 9.84. The Bertz CT molecular complexity index is 1430. The number of aromatic nitrogens is 1. The monoisotopic (exact) mass is 504 g/mol. The number of nitrogens with zero attached hydrogens (tertiary/aromatic N) is 3. The number of benzene rings is 2. The maximum atomic E-state index is 13.1. The Morgan fingerprint density at radius 3 is 2.36 bits per heavy atom. The van der Waals surface area contributed by atoms with E-state index in [2.05, 4.69) is 63.4 Å². The summed E-state index contributed by atoms with van der Waals surface area (Å²) in [7, 11) is 2.41. The number of amides is 1. The van der Waals surface area contributed by atoms with Crippen LogP contribution in [0.4, 0.5) is 22.9 Å². The molecule has 5 rings (SSSR count). The molecule has 7 nitrogen and oxygen atoms in total. The molecule has 0 radical (unpaired) electrons. The minimum atomic E-state index is -2.79. The van der Waals surface area contributed by atoms with E-state index in [-0.39, 0.29) is 11.6 Å². The maximum absolute atomic E-state index is 13.1. The van der Waals surface area contributed by atoms with Gasteiger partial charge in [0.25, 0.3) is 9.92 Å². The van der Waals surface area contributed by atoms with Crippen molar-refractivity contribution in [1.29, 1.82) is 0 Å². The lowest BCUT2D eigenvalue weighted by Crippen LogP contribution is -2.26. The Labute approximate surface area is 213 Å². The molecule has 1 fully saturated rings. The minimum absolute atomic E-state index is 0.215. The average Bonchev–Trinajstić information content (AvgIpc) is 3.11. The van der Waals surface area contributed by atoms with E-state index < -0.39 is 9.92 Å². The minimum Gasteiger partial charge on any atom is -0.345 e. The van der Waals surface area contributed by atoms with Crippen molar-refractivity contribution in [2.45, 2.75) is 49.8 Å². The van der Waals surface area contributed by atoms with E-state index in [1.54, 1.807) is 19.2 Å². The van der Waals surface area contributed by atoms with Crippen LogP contribution in [0.2, 0.25) is 0 Å². The number of hydrogen-bond acceptors (Lipinski definition) is 5. The van der Waals surface area contributed by atoms with Crippen molar-refractivity contribution in [2.24, 2.45) is 0 Å². The number of fused-ring (bicyclic) bond motifs is 1. The van der Waals surface area contributed by atoms with Crippen LogP contribution in [-0.2, 0) is 9.92 Å². The van der Waals surface area contributed by atoms with E-state index in [4.69, 9.17) is 0 Å². The zero-order valence-corrected chi connectivity index (χ0v) is 22.2. The number of carbonyl (C=O) groups is 1. The van der Waals surface area contributed by atoms with E-state index in [0.717, 1.165) is 22.6 Å². The molecular formula is C28H34N5O2S+. The highest BCUT2D eigenvalue weighted by Gasteiger charge is 2.41. The van der Waals surface area contributed by atoms with E-state index in [1.165, 1.54) is 48.7 Å². The normalized spacial score (nSPS) is 19.9. The van der Waals surface area contributed by atoms with Crippen molar-refractivity contribution in [3.8, 4) is 0 Å². The largest absolute Gasteiger partial charge is 0.449 e. The summed E-state index contributed by atoms with van der Waals surface area (Å²) in [6.45, 7) is 2.05. The molecule has 3 aromatic rings. The Morgan fingerprint density at radius 2 is 1.69 bits per heavy atom. The summed E-state index contributed by atoms with van der Waals surface area (Å²) >= 11 is 0. The van der Waals surface area contributed by atoms with Crippen molar-refractivity contribution in [3.05, 3.63) is 71.4 Å². The predicted molar refractivity (Wildman–Crippen MR) is 145 cm³/mol. The zero-order valence-electron chi connectivity index (χ0n) is 21.4. The fourth-order valence-electron chi connectivity index (χ4n) is 5.24. The van der Waals surface area contributed by atoms with Gasteiger partial charge in [0.05, 0.1) is 0 Å².